The lowest BCUT2D eigenvalue weighted by atomic mass is 10.2. The third kappa shape index (κ3) is 3.73. The van der Waals surface area contributed by atoms with Crippen LogP contribution < -0.4 is 5.43 Å². The molecular weight excluding hydrogens is 354 g/mol. The molecule has 3 heterocycles. The van der Waals surface area contributed by atoms with Gasteiger partial charge in [0, 0.05) is 24.2 Å². The first-order valence-electron chi connectivity index (χ1n) is 8.66. The molecule has 1 N–H and O–H groups in total. The smallest absolute Gasteiger partial charge is 0.272 e. The molecule has 0 bridgehead atoms. The highest BCUT2D eigenvalue weighted by molar-refractivity contribution is 5.95. The molecule has 1 aromatic carbocycles. The highest BCUT2D eigenvalue weighted by Crippen LogP contribution is 2.24. The molecule has 0 fully saturated rings. The molecule has 7 nitrogen and oxygen atoms in total. The number of nitrogens with one attached hydrogen (secondary N) is 1. The van der Waals surface area contributed by atoms with Crippen LogP contribution in [-0.4, -0.2) is 26.9 Å². The number of hydrogen-bond acceptors (Lipinski definition) is 5. The summed E-state index contributed by atoms with van der Waals surface area (Å²) in [7, 11) is 0. The number of nitrogens with zero attached hydrogens (tertiary/aromatic N) is 4. The van der Waals surface area contributed by atoms with Crippen molar-refractivity contribution in [3.63, 3.8) is 0 Å². The molecule has 7 heteroatoms. The number of para-hydroxylation sites is 1. The first kappa shape index (κ1) is 17.4. The largest absolute Gasteiger partial charge is 0.460 e. The van der Waals surface area contributed by atoms with Gasteiger partial charge in [0.15, 0.2) is 5.76 Å². The van der Waals surface area contributed by atoms with Crippen molar-refractivity contribution in [1.82, 2.24) is 20.2 Å². The molecule has 0 radical (unpaired) electrons. The van der Waals surface area contributed by atoms with Crippen LogP contribution >= 0.6 is 0 Å². The minimum Gasteiger partial charge on any atom is -0.460 e. The SMILES string of the molecule is Cc1ccc(-c2nn(-c3ccccc3)cc2/C=N\NC(=O)c2cccnc2)o1. The number of rotatable bonds is 5. The maximum Gasteiger partial charge on any atom is 0.272 e. The number of furan rings is 1. The number of benzene rings is 1. The summed E-state index contributed by atoms with van der Waals surface area (Å²) in [5.74, 6) is 1.08. The number of carbonyl (C=O) groups excluding carboxylic acids is 1. The van der Waals surface area contributed by atoms with Crippen LogP contribution in [0.2, 0.25) is 0 Å². The van der Waals surface area contributed by atoms with Crippen LogP contribution in [0.3, 0.4) is 0 Å². The van der Waals surface area contributed by atoms with Gasteiger partial charge >= 0.3 is 0 Å². The predicted molar refractivity (Wildman–Crippen MR) is 105 cm³/mol. The molecule has 0 aliphatic heterocycles. The van der Waals surface area contributed by atoms with E-state index in [2.05, 4.69) is 20.6 Å². The number of aryl methyl sites for hydroxylation is 1. The summed E-state index contributed by atoms with van der Waals surface area (Å²) in [6.07, 6.45) is 6.47. The molecule has 0 saturated carbocycles. The van der Waals surface area contributed by atoms with Crippen LogP contribution in [0.5, 0.6) is 0 Å². The van der Waals surface area contributed by atoms with Gasteiger partial charge in [-0.15, -0.1) is 0 Å². The number of amides is 1. The van der Waals surface area contributed by atoms with Crippen LogP contribution in [0, 0.1) is 6.92 Å². The number of pyridine rings is 1. The van der Waals surface area contributed by atoms with Gasteiger partial charge in [-0.1, -0.05) is 18.2 Å². The van der Waals surface area contributed by atoms with Gasteiger partial charge in [0.1, 0.15) is 11.5 Å². The lowest BCUT2D eigenvalue weighted by Crippen LogP contribution is -2.17. The van der Waals surface area contributed by atoms with E-state index >= 15 is 0 Å². The summed E-state index contributed by atoms with van der Waals surface area (Å²) in [6.45, 7) is 1.87. The molecule has 0 atom stereocenters. The van der Waals surface area contributed by atoms with Crippen LogP contribution in [0.1, 0.15) is 21.7 Å². The third-order valence-corrected chi connectivity index (χ3v) is 4.03. The zero-order chi connectivity index (χ0) is 19.3. The topological polar surface area (TPSA) is 85.3 Å². The lowest BCUT2D eigenvalue weighted by molar-refractivity contribution is 0.0955. The van der Waals surface area contributed by atoms with Crippen LogP contribution in [-0.2, 0) is 0 Å². The van der Waals surface area contributed by atoms with E-state index in [9.17, 15) is 4.79 Å². The van der Waals surface area contributed by atoms with Crippen molar-refractivity contribution in [2.45, 2.75) is 6.92 Å². The average molecular weight is 371 g/mol. The van der Waals surface area contributed by atoms with Gasteiger partial charge in [0.2, 0.25) is 0 Å². The van der Waals surface area contributed by atoms with Crippen molar-refractivity contribution < 1.29 is 9.21 Å². The second-order valence-corrected chi connectivity index (χ2v) is 6.06. The summed E-state index contributed by atoms with van der Waals surface area (Å²) < 4.78 is 7.47. The average Bonchev–Trinajstić information content (AvgIpc) is 3.35. The maximum absolute atomic E-state index is 12.1. The van der Waals surface area contributed by atoms with Crippen LogP contribution in [0.4, 0.5) is 0 Å². The van der Waals surface area contributed by atoms with E-state index in [1.165, 1.54) is 6.20 Å². The Morgan fingerprint density at radius 1 is 1.14 bits per heavy atom. The van der Waals surface area contributed by atoms with Gasteiger partial charge in [0.05, 0.1) is 17.5 Å². The number of aromatic nitrogens is 3. The van der Waals surface area contributed by atoms with E-state index in [0.29, 0.717) is 22.6 Å². The minimum atomic E-state index is -0.338. The fraction of sp³-hybridized carbons (Fsp3) is 0.0476. The fourth-order valence-corrected chi connectivity index (χ4v) is 2.67. The molecule has 28 heavy (non-hydrogen) atoms. The first-order valence-corrected chi connectivity index (χ1v) is 8.66. The molecule has 0 saturated heterocycles. The van der Waals surface area contributed by atoms with Crippen molar-refractivity contribution in [2.75, 3.05) is 0 Å². The zero-order valence-electron chi connectivity index (χ0n) is 15.1. The first-order chi connectivity index (χ1) is 13.7. The van der Waals surface area contributed by atoms with E-state index in [1.807, 2.05) is 55.6 Å². The summed E-state index contributed by atoms with van der Waals surface area (Å²) in [5.41, 5.74) is 5.19. The minimum absolute atomic E-state index is 0.338. The molecule has 0 aliphatic rings. The van der Waals surface area contributed by atoms with Crippen molar-refractivity contribution in [1.29, 1.82) is 0 Å². The Morgan fingerprint density at radius 2 is 2.00 bits per heavy atom. The van der Waals surface area contributed by atoms with Crippen molar-refractivity contribution in [3.05, 3.63) is 90.1 Å². The molecule has 0 spiro atoms. The molecule has 3 aromatic heterocycles. The Hall–Kier alpha value is -4.00. The molecule has 138 valence electrons. The zero-order valence-corrected chi connectivity index (χ0v) is 15.1. The highest BCUT2D eigenvalue weighted by atomic mass is 16.3. The molecule has 4 aromatic rings. The predicted octanol–water partition coefficient (Wildman–Crippen LogP) is 3.60. The lowest BCUT2D eigenvalue weighted by Gasteiger charge is -1.98. The van der Waals surface area contributed by atoms with Gasteiger partial charge in [-0.3, -0.25) is 9.78 Å². The number of hydrazone groups is 1. The van der Waals surface area contributed by atoms with E-state index in [-0.39, 0.29) is 5.91 Å². The highest BCUT2D eigenvalue weighted by Gasteiger charge is 2.14. The van der Waals surface area contributed by atoms with Crippen LogP contribution in [0.15, 0.2) is 82.7 Å². The maximum atomic E-state index is 12.1. The van der Waals surface area contributed by atoms with Gasteiger partial charge in [0.25, 0.3) is 5.91 Å². The second kappa shape index (κ2) is 7.71. The summed E-state index contributed by atoms with van der Waals surface area (Å²) >= 11 is 0. The van der Waals surface area contributed by atoms with Crippen molar-refractivity contribution >= 4 is 12.1 Å². The summed E-state index contributed by atoms with van der Waals surface area (Å²) in [4.78, 5) is 16.0. The Morgan fingerprint density at radius 3 is 2.71 bits per heavy atom. The standard InChI is InChI=1S/C21H17N5O2/c1-15-9-10-19(28-15)20-17(14-26(25-20)18-7-3-2-4-8-18)13-23-24-21(27)16-6-5-11-22-12-16/h2-14H,1H3,(H,24,27)/b23-13-. The molecule has 0 aliphatic carbocycles. The number of hydrogen-bond donors (Lipinski definition) is 1. The summed E-state index contributed by atoms with van der Waals surface area (Å²) in [5, 5.41) is 8.70. The second-order valence-electron chi connectivity index (χ2n) is 6.06. The fourth-order valence-electron chi connectivity index (χ4n) is 2.67. The van der Waals surface area contributed by atoms with Crippen LogP contribution in [0.25, 0.3) is 17.1 Å². The Labute approximate surface area is 161 Å². The van der Waals surface area contributed by atoms with Gasteiger partial charge in [-0.25, -0.2) is 10.1 Å². The van der Waals surface area contributed by atoms with Crippen molar-refractivity contribution in [3.8, 4) is 17.1 Å². The Balaban J connectivity index is 1.63. The van der Waals surface area contributed by atoms with E-state index in [0.717, 1.165) is 11.4 Å². The number of carbonyl (C=O) groups is 1. The van der Waals surface area contributed by atoms with Gasteiger partial charge in [-0.05, 0) is 43.3 Å². The monoisotopic (exact) mass is 371 g/mol. The third-order valence-electron chi connectivity index (χ3n) is 4.03. The van der Waals surface area contributed by atoms with E-state index in [4.69, 9.17) is 4.42 Å². The van der Waals surface area contributed by atoms with Gasteiger partial charge in [-0.2, -0.15) is 10.2 Å². The van der Waals surface area contributed by atoms with E-state index < -0.39 is 0 Å². The van der Waals surface area contributed by atoms with Crippen molar-refractivity contribution in [2.24, 2.45) is 5.10 Å². The molecule has 4 rings (SSSR count). The normalized spacial score (nSPS) is 11.0. The quantitative estimate of drug-likeness (QED) is 0.429. The van der Waals surface area contributed by atoms with Gasteiger partial charge < -0.3 is 4.42 Å². The Bertz CT molecular complexity index is 1110. The molecule has 1 amide bonds. The van der Waals surface area contributed by atoms with E-state index in [1.54, 1.807) is 29.2 Å². The molecular formula is C21H17N5O2. The summed E-state index contributed by atoms with van der Waals surface area (Å²) in [6, 6.07) is 16.8. The molecule has 0 unspecified atom stereocenters. The Kier molecular flexibility index (Phi) is 4.79.